The lowest BCUT2D eigenvalue weighted by Crippen LogP contribution is -2.30. The number of ether oxygens (including phenoxy) is 1. The Morgan fingerprint density at radius 2 is 1.52 bits per heavy atom. The van der Waals surface area contributed by atoms with Gasteiger partial charge in [-0.15, -0.1) is 0 Å². The number of hydrogen-bond donors (Lipinski definition) is 1. The first-order valence-corrected chi connectivity index (χ1v) is 11.4. The number of carbonyl (C=O) groups is 1. The third-order valence-corrected chi connectivity index (χ3v) is 6.81. The average Bonchev–Trinajstić information content (AvgIpc) is 2.79. The van der Waals surface area contributed by atoms with Gasteiger partial charge in [0.1, 0.15) is 0 Å². The second kappa shape index (κ2) is 10.2. The van der Waals surface area contributed by atoms with Crippen LogP contribution in [0.15, 0.2) is 83.8 Å². The van der Waals surface area contributed by atoms with Gasteiger partial charge in [0.05, 0.1) is 17.2 Å². The fraction of sp³-hybridized carbons (Fsp3) is 0.208. The van der Waals surface area contributed by atoms with E-state index in [1.807, 2.05) is 30.3 Å². The van der Waals surface area contributed by atoms with Gasteiger partial charge in [-0.25, -0.2) is 8.42 Å². The molecule has 3 aromatic carbocycles. The lowest BCUT2D eigenvalue weighted by atomic mass is 10.1. The normalized spacial score (nSPS) is 11.2. The Labute approximate surface area is 183 Å². The van der Waals surface area contributed by atoms with E-state index >= 15 is 0 Å². The summed E-state index contributed by atoms with van der Waals surface area (Å²) in [4.78, 5) is 12.7. The molecule has 0 fully saturated rings. The molecule has 0 unspecified atom stereocenters. The standard InChI is InChI=1S/C24H26N2O4S/c1-3-26(22-11-5-4-6-12-22)31(28,29)23-15-13-19(14-16-23)24(27)25-17-20-9-7-8-10-21(20)18-30-2/h4-16H,3,17-18H2,1-2H3,(H,25,27). The van der Waals surface area contributed by atoms with Gasteiger partial charge >= 0.3 is 0 Å². The molecule has 0 bridgehead atoms. The van der Waals surface area contributed by atoms with Crippen molar-refractivity contribution in [2.24, 2.45) is 0 Å². The Hall–Kier alpha value is -3.16. The highest BCUT2D eigenvalue weighted by Crippen LogP contribution is 2.23. The van der Waals surface area contributed by atoms with Crippen molar-refractivity contribution in [2.75, 3.05) is 18.0 Å². The predicted octanol–water partition coefficient (Wildman–Crippen LogP) is 3.98. The van der Waals surface area contributed by atoms with E-state index < -0.39 is 10.0 Å². The monoisotopic (exact) mass is 438 g/mol. The molecule has 3 rings (SSSR count). The van der Waals surface area contributed by atoms with Crippen molar-refractivity contribution in [1.82, 2.24) is 5.32 Å². The van der Waals surface area contributed by atoms with Crippen LogP contribution in [0.2, 0.25) is 0 Å². The third kappa shape index (κ3) is 5.31. The number of hydrogen-bond acceptors (Lipinski definition) is 4. The topological polar surface area (TPSA) is 75.7 Å². The van der Waals surface area contributed by atoms with Gasteiger partial charge in [0.15, 0.2) is 0 Å². The summed E-state index contributed by atoms with van der Waals surface area (Å²) in [5.74, 6) is -0.272. The molecule has 6 nitrogen and oxygen atoms in total. The maximum absolute atomic E-state index is 13.1. The smallest absolute Gasteiger partial charge is 0.264 e. The molecule has 0 atom stereocenters. The van der Waals surface area contributed by atoms with E-state index in [0.717, 1.165) is 11.1 Å². The summed E-state index contributed by atoms with van der Waals surface area (Å²) in [5.41, 5.74) is 2.97. The number of rotatable bonds is 9. The highest BCUT2D eigenvalue weighted by atomic mass is 32.2. The molecule has 0 spiro atoms. The molecule has 0 radical (unpaired) electrons. The Balaban J connectivity index is 1.73. The molecule has 162 valence electrons. The van der Waals surface area contributed by atoms with E-state index in [9.17, 15) is 13.2 Å². The number of sulfonamides is 1. The highest BCUT2D eigenvalue weighted by molar-refractivity contribution is 7.92. The van der Waals surface area contributed by atoms with Gasteiger partial charge in [-0.1, -0.05) is 42.5 Å². The minimum atomic E-state index is -3.73. The van der Waals surface area contributed by atoms with E-state index in [4.69, 9.17) is 4.74 Å². The fourth-order valence-corrected chi connectivity index (χ4v) is 4.77. The number of nitrogens with one attached hydrogen (secondary N) is 1. The van der Waals surface area contributed by atoms with Crippen LogP contribution in [-0.2, 0) is 27.9 Å². The largest absolute Gasteiger partial charge is 0.380 e. The molecule has 0 saturated heterocycles. The molecule has 7 heteroatoms. The van der Waals surface area contributed by atoms with Crippen molar-refractivity contribution < 1.29 is 17.9 Å². The van der Waals surface area contributed by atoms with Crippen molar-refractivity contribution in [3.05, 3.63) is 95.6 Å². The second-order valence-electron chi connectivity index (χ2n) is 6.91. The Morgan fingerprint density at radius 3 is 2.13 bits per heavy atom. The average molecular weight is 439 g/mol. The second-order valence-corrected chi connectivity index (χ2v) is 8.78. The van der Waals surface area contributed by atoms with Gasteiger partial charge in [-0.2, -0.15) is 0 Å². The zero-order chi connectivity index (χ0) is 22.3. The van der Waals surface area contributed by atoms with Crippen LogP contribution < -0.4 is 9.62 Å². The lowest BCUT2D eigenvalue weighted by Gasteiger charge is -2.23. The van der Waals surface area contributed by atoms with Crippen molar-refractivity contribution in [3.8, 4) is 0 Å². The summed E-state index contributed by atoms with van der Waals surface area (Å²) in [6.07, 6.45) is 0. The molecule has 3 aromatic rings. The van der Waals surface area contributed by atoms with Crippen LogP contribution in [0.1, 0.15) is 28.4 Å². The molecule has 0 aliphatic heterocycles. The van der Waals surface area contributed by atoms with Gasteiger partial charge in [0.2, 0.25) is 0 Å². The molecule has 0 aliphatic rings. The van der Waals surface area contributed by atoms with Gasteiger partial charge in [-0.05, 0) is 54.4 Å². The summed E-state index contributed by atoms with van der Waals surface area (Å²) in [7, 11) is -2.10. The molecule has 0 heterocycles. The third-order valence-electron chi connectivity index (χ3n) is 4.89. The molecule has 0 saturated carbocycles. The Kier molecular flexibility index (Phi) is 7.44. The number of nitrogens with zero attached hydrogens (tertiary/aromatic N) is 1. The molecule has 0 aliphatic carbocycles. The summed E-state index contributed by atoms with van der Waals surface area (Å²) in [6.45, 7) is 2.91. The Bertz CT molecular complexity index is 1110. The van der Waals surface area contributed by atoms with Gasteiger partial charge in [0, 0.05) is 25.8 Å². The molecule has 1 amide bonds. The first-order chi connectivity index (χ1) is 15.0. The zero-order valence-corrected chi connectivity index (χ0v) is 18.4. The minimum Gasteiger partial charge on any atom is -0.380 e. The van der Waals surface area contributed by atoms with Crippen LogP contribution in [0.3, 0.4) is 0 Å². The SMILES string of the molecule is CCN(c1ccccc1)S(=O)(=O)c1ccc(C(=O)NCc2ccccc2COC)cc1. The van der Waals surface area contributed by atoms with Crippen LogP contribution in [0.5, 0.6) is 0 Å². The molecule has 1 N–H and O–H groups in total. The van der Waals surface area contributed by atoms with Crippen molar-refractivity contribution in [2.45, 2.75) is 25.0 Å². The molecule has 31 heavy (non-hydrogen) atoms. The summed E-state index contributed by atoms with van der Waals surface area (Å²) in [5, 5.41) is 2.88. The van der Waals surface area contributed by atoms with Crippen LogP contribution in [0.4, 0.5) is 5.69 Å². The van der Waals surface area contributed by atoms with E-state index in [2.05, 4.69) is 5.32 Å². The van der Waals surface area contributed by atoms with Crippen LogP contribution in [-0.4, -0.2) is 28.0 Å². The molecular formula is C24H26N2O4S. The van der Waals surface area contributed by atoms with E-state index in [1.165, 1.54) is 28.6 Å². The molecular weight excluding hydrogens is 412 g/mol. The first-order valence-electron chi connectivity index (χ1n) is 9.99. The quantitative estimate of drug-likeness (QED) is 0.548. The maximum Gasteiger partial charge on any atom is 0.264 e. The van der Waals surface area contributed by atoms with Gasteiger partial charge in [-0.3, -0.25) is 9.10 Å². The van der Waals surface area contributed by atoms with Gasteiger partial charge < -0.3 is 10.1 Å². The number of methoxy groups -OCH3 is 1. The summed E-state index contributed by atoms with van der Waals surface area (Å²) >= 11 is 0. The zero-order valence-electron chi connectivity index (χ0n) is 17.6. The Morgan fingerprint density at radius 1 is 0.903 bits per heavy atom. The van der Waals surface area contributed by atoms with Crippen molar-refractivity contribution in [1.29, 1.82) is 0 Å². The van der Waals surface area contributed by atoms with E-state index in [1.54, 1.807) is 38.3 Å². The number of carbonyl (C=O) groups excluding carboxylic acids is 1. The first kappa shape index (κ1) is 22.5. The number of para-hydroxylation sites is 1. The highest BCUT2D eigenvalue weighted by Gasteiger charge is 2.23. The maximum atomic E-state index is 13.1. The van der Waals surface area contributed by atoms with E-state index in [-0.39, 0.29) is 10.8 Å². The predicted molar refractivity (Wildman–Crippen MR) is 121 cm³/mol. The summed E-state index contributed by atoms with van der Waals surface area (Å²) < 4.78 is 32.7. The minimum absolute atomic E-state index is 0.139. The van der Waals surface area contributed by atoms with Crippen LogP contribution >= 0.6 is 0 Å². The lowest BCUT2D eigenvalue weighted by molar-refractivity contribution is 0.0950. The van der Waals surface area contributed by atoms with Crippen molar-refractivity contribution >= 4 is 21.6 Å². The van der Waals surface area contributed by atoms with Crippen LogP contribution in [0, 0.1) is 0 Å². The number of amides is 1. The van der Waals surface area contributed by atoms with Crippen LogP contribution in [0.25, 0.3) is 0 Å². The fourth-order valence-electron chi connectivity index (χ4n) is 3.29. The molecule has 0 aromatic heterocycles. The summed E-state index contributed by atoms with van der Waals surface area (Å²) in [6, 6.07) is 22.7. The van der Waals surface area contributed by atoms with E-state index in [0.29, 0.717) is 30.9 Å². The number of anilines is 1. The van der Waals surface area contributed by atoms with Gasteiger partial charge in [0.25, 0.3) is 15.9 Å². The number of benzene rings is 3. The van der Waals surface area contributed by atoms with Crippen molar-refractivity contribution in [3.63, 3.8) is 0 Å².